The Hall–Kier alpha value is -2.27. The summed E-state index contributed by atoms with van der Waals surface area (Å²) in [5.74, 6) is 0.656. The van der Waals surface area contributed by atoms with Gasteiger partial charge in [0.25, 0.3) is 5.69 Å². The SMILES string of the molecule is CNc1c(COc2ccc(Cl)cc2)cccc1[N+](=O)[O-]. The topological polar surface area (TPSA) is 64.4 Å². The molecule has 0 saturated heterocycles. The second kappa shape index (κ2) is 6.25. The highest BCUT2D eigenvalue weighted by molar-refractivity contribution is 6.30. The predicted octanol–water partition coefficient (Wildman–Crippen LogP) is 3.87. The van der Waals surface area contributed by atoms with Gasteiger partial charge in [0.2, 0.25) is 0 Å². The summed E-state index contributed by atoms with van der Waals surface area (Å²) in [6, 6.07) is 11.8. The van der Waals surface area contributed by atoms with Gasteiger partial charge in [-0.25, -0.2) is 0 Å². The maximum absolute atomic E-state index is 11.0. The zero-order chi connectivity index (χ0) is 14.5. The number of benzene rings is 2. The van der Waals surface area contributed by atoms with Gasteiger partial charge in [-0.05, 0) is 24.3 Å². The molecule has 0 fully saturated rings. The summed E-state index contributed by atoms with van der Waals surface area (Å²) in [6.07, 6.45) is 0. The highest BCUT2D eigenvalue weighted by Gasteiger charge is 2.16. The molecule has 0 aliphatic heterocycles. The molecule has 5 nitrogen and oxygen atoms in total. The molecule has 2 rings (SSSR count). The van der Waals surface area contributed by atoms with E-state index in [1.807, 2.05) is 0 Å². The normalized spacial score (nSPS) is 10.1. The maximum atomic E-state index is 11.0. The Morgan fingerprint density at radius 3 is 2.55 bits per heavy atom. The molecule has 0 unspecified atom stereocenters. The number of nitrogens with zero attached hydrogens (tertiary/aromatic N) is 1. The number of hydrogen-bond donors (Lipinski definition) is 1. The molecule has 0 atom stereocenters. The van der Waals surface area contributed by atoms with Gasteiger partial charge in [0.1, 0.15) is 18.0 Å². The lowest BCUT2D eigenvalue weighted by molar-refractivity contribution is -0.384. The van der Waals surface area contributed by atoms with Crippen LogP contribution in [0.25, 0.3) is 0 Å². The molecule has 0 aliphatic rings. The molecule has 0 saturated carbocycles. The average Bonchev–Trinajstić information content (AvgIpc) is 2.46. The van der Waals surface area contributed by atoms with Gasteiger partial charge in [0.15, 0.2) is 0 Å². The number of nitrogens with one attached hydrogen (secondary N) is 1. The van der Waals surface area contributed by atoms with Gasteiger partial charge in [-0.3, -0.25) is 10.1 Å². The van der Waals surface area contributed by atoms with Crippen LogP contribution in [0.5, 0.6) is 5.75 Å². The standard InChI is InChI=1S/C14H13ClN2O3/c1-16-14-10(3-2-4-13(14)17(18)19)9-20-12-7-5-11(15)6-8-12/h2-8,16H,9H2,1H3. The Balaban J connectivity index is 2.19. The number of para-hydroxylation sites is 1. The summed E-state index contributed by atoms with van der Waals surface area (Å²) in [5, 5.41) is 14.4. The molecule has 2 aromatic carbocycles. The molecule has 0 amide bonds. The smallest absolute Gasteiger partial charge is 0.292 e. The van der Waals surface area contributed by atoms with Gasteiger partial charge in [0.05, 0.1) is 4.92 Å². The molecule has 6 heteroatoms. The molecule has 0 aromatic heterocycles. The fourth-order valence-corrected chi connectivity index (χ4v) is 1.97. The van der Waals surface area contributed by atoms with E-state index in [0.29, 0.717) is 16.5 Å². The third-order valence-corrected chi connectivity index (χ3v) is 3.04. The highest BCUT2D eigenvalue weighted by atomic mass is 35.5. The van der Waals surface area contributed by atoms with Crippen molar-refractivity contribution in [3.8, 4) is 5.75 Å². The van der Waals surface area contributed by atoms with E-state index in [9.17, 15) is 10.1 Å². The van der Waals surface area contributed by atoms with E-state index in [2.05, 4.69) is 5.32 Å². The monoisotopic (exact) mass is 292 g/mol. The van der Waals surface area contributed by atoms with E-state index in [-0.39, 0.29) is 12.3 Å². The lowest BCUT2D eigenvalue weighted by atomic mass is 10.1. The second-order valence-electron chi connectivity index (χ2n) is 4.06. The van der Waals surface area contributed by atoms with Crippen LogP contribution in [0.4, 0.5) is 11.4 Å². The summed E-state index contributed by atoms with van der Waals surface area (Å²) in [6.45, 7) is 0.236. The number of nitro benzene ring substituents is 1. The van der Waals surface area contributed by atoms with Crippen molar-refractivity contribution in [2.45, 2.75) is 6.61 Å². The summed E-state index contributed by atoms with van der Waals surface area (Å²) in [4.78, 5) is 10.5. The van der Waals surface area contributed by atoms with Gasteiger partial charge < -0.3 is 10.1 Å². The Kier molecular flexibility index (Phi) is 4.42. The summed E-state index contributed by atoms with van der Waals surface area (Å²) < 4.78 is 5.60. The number of nitro groups is 1. The van der Waals surface area contributed by atoms with Crippen molar-refractivity contribution >= 4 is 23.0 Å². The van der Waals surface area contributed by atoms with E-state index in [1.165, 1.54) is 6.07 Å². The fraction of sp³-hybridized carbons (Fsp3) is 0.143. The molecular weight excluding hydrogens is 280 g/mol. The van der Waals surface area contributed by atoms with Crippen LogP contribution in [0.3, 0.4) is 0 Å². The highest BCUT2D eigenvalue weighted by Crippen LogP contribution is 2.28. The van der Waals surface area contributed by atoms with Crippen LogP contribution in [-0.4, -0.2) is 12.0 Å². The Morgan fingerprint density at radius 2 is 1.95 bits per heavy atom. The summed E-state index contributed by atoms with van der Waals surface area (Å²) in [5.41, 5.74) is 1.22. The van der Waals surface area contributed by atoms with Crippen LogP contribution < -0.4 is 10.1 Å². The van der Waals surface area contributed by atoms with Crippen molar-refractivity contribution < 1.29 is 9.66 Å². The van der Waals surface area contributed by atoms with Crippen molar-refractivity contribution in [1.82, 2.24) is 0 Å². The molecule has 0 aliphatic carbocycles. The number of rotatable bonds is 5. The summed E-state index contributed by atoms with van der Waals surface area (Å²) >= 11 is 5.79. The first-order valence-electron chi connectivity index (χ1n) is 5.94. The molecule has 0 radical (unpaired) electrons. The number of anilines is 1. The van der Waals surface area contributed by atoms with Gasteiger partial charge in [0, 0.05) is 23.7 Å². The first-order chi connectivity index (χ1) is 9.61. The van der Waals surface area contributed by atoms with Crippen LogP contribution in [0, 0.1) is 10.1 Å². The fourth-order valence-electron chi connectivity index (χ4n) is 1.84. The van der Waals surface area contributed by atoms with Crippen LogP contribution >= 0.6 is 11.6 Å². The van der Waals surface area contributed by atoms with Crippen LogP contribution in [0.15, 0.2) is 42.5 Å². The molecule has 0 bridgehead atoms. The van der Waals surface area contributed by atoms with E-state index < -0.39 is 4.92 Å². The largest absolute Gasteiger partial charge is 0.489 e. The molecule has 0 spiro atoms. The van der Waals surface area contributed by atoms with E-state index in [1.54, 1.807) is 43.4 Å². The molecular formula is C14H13ClN2O3. The number of halogens is 1. The van der Waals surface area contributed by atoms with Gasteiger partial charge >= 0.3 is 0 Å². The molecule has 104 valence electrons. The second-order valence-corrected chi connectivity index (χ2v) is 4.50. The van der Waals surface area contributed by atoms with Crippen LogP contribution in [0.2, 0.25) is 5.02 Å². The zero-order valence-electron chi connectivity index (χ0n) is 10.8. The average molecular weight is 293 g/mol. The third-order valence-electron chi connectivity index (χ3n) is 2.78. The zero-order valence-corrected chi connectivity index (χ0v) is 11.6. The third kappa shape index (κ3) is 3.19. The number of ether oxygens (including phenoxy) is 1. The Morgan fingerprint density at radius 1 is 1.25 bits per heavy atom. The molecule has 0 heterocycles. The van der Waals surface area contributed by atoms with Crippen molar-refractivity contribution in [3.63, 3.8) is 0 Å². The lowest BCUT2D eigenvalue weighted by Crippen LogP contribution is -2.03. The number of hydrogen-bond acceptors (Lipinski definition) is 4. The van der Waals surface area contributed by atoms with Crippen LogP contribution in [-0.2, 0) is 6.61 Å². The van der Waals surface area contributed by atoms with Gasteiger partial charge in [-0.2, -0.15) is 0 Å². The van der Waals surface area contributed by atoms with E-state index >= 15 is 0 Å². The quantitative estimate of drug-likeness (QED) is 0.671. The van der Waals surface area contributed by atoms with Crippen LogP contribution in [0.1, 0.15) is 5.56 Å². The van der Waals surface area contributed by atoms with Crippen molar-refractivity contribution in [2.24, 2.45) is 0 Å². The molecule has 1 N–H and O–H groups in total. The Labute approximate surface area is 121 Å². The minimum Gasteiger partial charge on any atom is -0.489 e. The maximum Gasteiger partial charge on any atom is 0.292 e. The van der Waals surface area contributed by atoms with Gasteiger partial charge in [-0.1, -0.05) is 23.7 Å². The lowest BCUT2D eigenvalue weighted by Gasteiger charge is -2.11. The van der Waals surface area contributed by atoms with Crippen molar-refractivity contribution in [2.75, 3.05) is 12.4 Å². The first-order valence-corrected chi connectivity index (χ1v) is 6.32. The minimum atomic E-state index is -0.419. The minimum absolute atomic E-state index is 0.0321. The molecule has 20 heavy (non-hydrogen) atoms. The predicted molar refractivity (Wildman–Crippen MR) is 78.4 cm³/mol. The van der Waals surface area contributed by atoms with Crippen molar-refractivity contribution in [3.05, 3.63) is 63.2 Å². The first kappa shape index (κ1) is 14.1. The summed E-state index contributed by atoms with van der Waals surface area (Å²) in [7, 11) is 1.65. The van der Waals surface area contributed by atoms with E-state index in [4.69, 9.17) is 16.3 Å². The van der Waals surface area contributed by atoms with E-state index in [0.717, 1.165) is 5.56 Å². The van der Waals surface area contributed by atoms with Crippen molar-refractivity contribution in [1.29, 1.82) is 0 Å². The molecule has 2 aromatic rings. The Bertz CT molecular complexity index is 614. The van der Waals surface area contributed by atoms with Gasteiger partial charge in [-0.15, -0.1) is 0 Å².